The van der Waals surface area contributed by atoms with Gasteiger partial charge < -0.3 is 18.9 Å². The van der Waals surface area contributed by atoms with Crippen molar-refractivity contribution in [1.29, 1.82) is 0 Å². The largest absolute Gasteiger partial charge is 2.00 e. The molecule has 0 amide bonds. The second kappa shape index (κ2) is 12.2. The van der Waals surface area contributed by atoms with Gasteiger partial charge >= 0.3 is 23.1 Å². The summed E-state index contributed by atoms with van der Waals surface area (Å²) in [6.45, 7) is 7.64. The molecule has 2 unspecified atom stereocenters. The van der Waals surface area contributed by atoms with Crippen LogP contribution in [0.1, 0.15) is 27.7 Å². The summed E-state index contributed by atoms with van der Waals surface area (Å²) in [5, 5.41) is 0.896. The first-order valence-corrected chi connectivity index (χ1v) is 12.4. The quantitative estimate of drug-likeness (QED) is 0.534. The van der Waals surface area contributed by atoms with Crippen molar-refractivity contribution in [2.24, 2.45) is 11.8 Å². The van der Waals surface area contributed by atoms with Crippen molar-refractivity contribution >= 4 is 48.4 Å². The molecular weight excluding hydrogens is 390 g/mol. The van der Waals surface area contributed by atoms with Gasteiger partial charge in [0, 0.05) is 14.7 Å². The summed E-state index contributed by atoms with van der Waals surface area (Å²) in [6.07, 6.45) is 0.494. The van der Waals surface area contributed by atoms with E-state index in [0.29, 0.717) is 10.6 Å². The molecule has 0 aliphatic rings. The molecule has 2 aromatic rings. The zero-order valence-electron chi connectivity index (χ0n) is 16.6. The minimum absolute atomic E-state index is 0. The molecule has 0 bridgehead atoms. The maximum absolute atomic E-state index is 11.7. The number of hydrogen-bond donors (Lipinski definition) is 0. The van der Waals surface area contributed by atoms with Crippen molar-refractivity contribution < 1.29 is 18.9 Å². The fourth-order valence-corrected chi connectivity index (χ4v) is 6.08. The predicted molar refractivity (Wildman–Crippen MR) is 113 cm³/mol. The first kappa shape index (κ1) is 26.6. The third kappa shape index (κ3) is 10.1. The molecule has 0 N–H and O–H groups in total. The molecule has 4 nitrogen and oxygen atoms in total. The molecule has 0 aromatic heterocycles. The average Bonchev–Trinajstić information content (AvgIpc) is 2.55. The van der Waals surface area contributed by atoms with E-state index in [1.54, 1.807) is 48.5 Å². The Labute approximate surface area is 179 Å². The number of benzene rings is 2. The van der Waals surface area contributed by atoms with Crippen LogP contribution in [0, 0.1) is 11.8 Å². The Morgan fingerprint density at radius 1 is 0.667 bits per heavy atom. The summed E-state index contributed by atoms with van der Waals surface area (Å²) >= 11 is 0. The van der Waals surface area contributed by atoms with Crippen LogP contribution in [0.25, 0.3) is 0 Å². The molecule has 7 heteroatoms. The van der Waals surface area contributed by atoms with Crippen LogP contribution in [0.2, 0.25) is 0 Å². The van der Waals surface area contributed by atoms with Crippen molar-refractivity contribution in [3.8, 4) is 0 Å². The fourth-order valence-electron chi connectivity index (χ4n) is 2.48. The second-order valence-corrected chi connectivity index (χ2v) is 11.6. The molecule has 27 heavy (non-hydrogen) atoms. The van der Waals surface area contributed by atoms with Gasteiger partial charge in [-0.05, 0) is 34.8 Å². The zero-order chi connectivity index (χ0) is 19.8. The van der Waals surface area contributed by atoms with Crippen LogP contribution >= 0.6 is 14.7 Å². The van der Waals surface area contributed by atoms with Gasteiger partial charge in [0.2, 0.25) is 0 Å². The molecule has 144 valence electrons. The Kier molecular flexibility index (Phi) is 12.0. The minimum atomic E-state index is -3.35. The summed E-state index contributed by atoms with van der Waals surface area (Å²) in [5.41, 5.74) is 0. The summed E-state index contributed by atoms with van der Waals surface area (Å²) in [4.78, 5) is 23.3. The van der Waals surface area contributed by atoms with Crippen LogP contribution < -0.4 is 20.4 Å². The summed E-state index contributed by atoms with van der Waals surface area (Å²) in [7, 11) is -6.70. The van der Waals surface area contributed by atoms with E-state index in [1.165, 1.54) is 0 Å². The van der Waals surface area contributed by atoms with Crippen LogP contribution in [0.4, 0.5) is 0 Å². The standard InChI is InChI=1S/2C10H15O2P.Mg/c2*1-9(2)8-13(11,12)10-6-4-3-5-7-10;/h2*3-7,9H,8H2,1-2H3,(H,11,12);/q;;+2/p-2. The van der Waals surface area contributed by atoms with Crippen LogP contribution in [-0.4, -0.2) is 35.4 Å². The first-order valence-electron chi connectivity index (χ1n) is 8.76. The monoisotopic (exact) mass is 418 g/mol. The van der Waals surface area contributed by atoms with E-state index in [2.05, 4.69) is 0 Å². The van der Waals surface area contributed by atoms with Crippen molar-refractivity contribution in [2.45, 2.75) is 27.7 Å². The van der Waals surface area contributed by atoms with Crippen molar-refractivity contribution in [3.05, 3.63) is 60.7 Å². The molecule has 2 rings (SSSR count). The Morgan fingerprint density at radius 2 is 0.926 bits per heavy atom. The topological polar surface area (TPSA) is 80.3 Å². The van der Waals surface area contributed by atoms with Gasteiger partial charge in [-0.2, -0.15) is 0 Å². The van der Waals surface area contributed by atoms with Gasteiger partial charge in [-0.25, -0.2) is 0 Å². The molecule has 2 aromatic carbocycles. The molecule has 0 heterocycles. The van der Waals surface area contributed by atoms with E-state index in [-0.39, 0.29) is 47.2 Å². The van der Waals surface area contributed by atoms with Gasteiger partial charge in [0.1, 0.15) is 0 Å². The first-order chi connectivity index (χ1) is 12.0. The minimum Gasteiger partial charge on any atom is -0.796 e. The second-order valence-electron chi connectivity index (χ2n) is 7.17. The molecule has 0 aliphatic heterocycles. The zero-order valence-corrected chi connectivity index (χ0v) is 19.8. The van der Waals surface area contributed by atoms with Gasteiger partial charge in [-0.15, -0.1) is 0 Å². The molecule has 0 aliphatic carbocycles. The van der Waals surface area contributed by atoms with E-state index in [4.69, 9.17) is 0 Å². The van der Waals surface area contributed by atoms with Crippen LogP contribution in [0.5, 0.6) is 0 Å². The van der Waals surface area contributed by atoms with Crippen molar-refractivity contribution in [3.63, 3.8) is 0 Å². The number of rotatable bonds is 6. The molecule has 2 atom stereocenters. The van der Waals surface area contributed by atoms with E-state index in [0.717, 1.165) is 0 Å². The van der Waals surface area contributed by atoms with Crippen LogP contribution in [0.15, 0.2) is 60.7 Å². The van der Waals surface area contributed by atoms with E-state index >= 15 is 0 Å². The summed E-state index contributed by atoms with van der Waals surface area (Å²) < 4.78 is 23.3. The van der Waals surface area contributed by atoms with Crippen molar-refractivity contribution in [1.82, 2.24) is 0 Å². The van der Waals surface area contributed by atoms with Gasteiger partial charge in [0.25, 0.3) is 0 Å². The third-order valence-electron chi connectivity index (χ3n) is 3.51. The molecule has 0 saturated carbocycles. The SMILES string of the molecule is CC(C)CP(=O)([O-])c1ccccc1.CC(C)CP(=O)([O-])c1ccccc1.[Mg+2]. The average molecular weight is 419 g/mol. The van der Waals surface area contributed by atoms with Crippen LogP contribution in [-0.2, 0) is 9.13 Å². The Balaban J connectivity index is 0.000000483. The Morgan fingerprint density at radius 3 is 1.15 bits per heavy atom. The fraction of sp³-hybridized carbons (Fsp3) is 0.400. The molecule has 0 saturated heterocycles. The Hall–Kier alpha value is -0.414. The van der Waals surface area contributed by atoms with Crippen molar-refractivity contribution in [2.75, 3.05) is 12.3 Å². The summed E-state index contributed by atoms with van der Waals surface area (Å²) in [6, 6.07) is 17.2. The van der Waals surface area contributed by atoms with Gasteiger partial charge in [0.15, 0.2) is 0 Å². The van der Waals surface area contributed by atoms with Crippen LogP contribution in [0.3, 0.4) is 0 Å². The smallest absolute Gasteiger partial charge is 0.796 e. The summed E-state index contributed by atoms with van der Waals surface area (Å²) in [5.74, 6) is 0.368. The third-order valence-corrected chi connectivity index (χ3v) is 8.10. The normalized spacial score (nSPS) is 15.1. The molecule has 0 spiro atoms. The maximum Gasteiger partial charge on any atom is 2.00 e. The number of hydrogen-bond acceptors (Lipinski definition) is 4. The van der Waals surface area contributed by atoms with E-state index < -0.39 is 14.7 Å². The van der Waals surface area contributed by atoms with E-state index in [9.17, 15) is 18.9 Å². The van der Waals surface area contributed by atoms with Gasteiger partial charge in [-0.1, -0.05) is 88.4 Å². The Bertz CT molecular complexity index is 684. The van der Waals surface area contributed by atoms with Gasteiger partial charge in [0.05, 0.1) is 0 Å². The van der Waals surface area contributed by atoms with Gasteiger partial charge in [-0.3, -0.25) is 0 Å². The predicted octanol–water partition coefficient (Wildman–Crippen LogP) is 2.83. The maximum atomic E-state index is 11.7. The van der Waals surface area contributed by atoms with E-state index in [1.807, 2.05) is 39.8 Å². The molecule has 0 fully saturated rings. The molecule has 0 radical (unpaired) electrons. The molecular formula is C20H28MgO4P2.